The highest BCUT2D eigenvalue weighted by molar-refractivity contribution is 5.85. The third-order valence-corrected chi connectivity index (χ3v) is 7.40. The zero-order valence-electron chi connectivity index (χ0n) is 19.2. The molecule has 2 fully saturated rings. The van der Waals surface area contributed by atoms with E-state index in [9.17, 15) is 9.59 Å². The van der Waals surface area contributed by atoms with Gasteiger partial charge >= 0.3 is 0 Å². The van der Waals surface area contributed by atoms with E-state index in [1.807, 2.05) is 29.3 Å². The van der Waals surface area contributed by atoms with Crippen molar-refractivity contribution < 1.29 is 9.59 Å². The Kier molecular flexibility index (Phi) is 7.23. The van der Waals surface area contributed by atoms with Gasteiger partial charge in [0.05, 0.1) is 5.41 Å². The number of likely N-dealkylation sites (tertiary alicyclic amines) is 1. The number of pyridine rings is 1. The second kappa shape index (κ2) is 10.3. The molecule has 2 heterocycles. The van der Waals surface area contributed by atoms with Crippen molar-refractivity contribution in [1.29, 1.82) is 0 Å². The zero-order valence-corrected chi connectivity index (χ0v) is 19.2. The highest BCUT2D eigenvalue weighted by Crippen LogP contribution is 2.37. The summed E-state index contributed by atoms with van der Waals surface area (Å²) in [7, 11) is 1.71. The van der Waals surface area contributed by atoms with E-state index in [0.717, 1.165) is 42.5 Å². The van der Waals surface area contributed by atoms with Gasteiger partial charge in [0.25, 0.3) is 0 Å². The van der Waals surface area contributed by atoms with Crippen LogP contribution >= 0.6 is 0 Å². The molecular weight excluding hydrogens is 398 g/mol. The average molecular weight is 434 g/mol. The summed E-state index contributed by atoms with van der Waals surface area (Å²) in [4.78, 5) is 32.5. The van der Waals surface area contributed by atoms with Gasteiger partial charge in [-0.3, -0.25) is 14.6 Å². The van der Waals surface area contributed by atoms with Crippen molar-refractivity contribution in [3.8, 4) is 11.1 Å². The van der Waals surface area contributed by atoms with Gasteiger partial charge in [0.2, 0.25) is 11.8 Å². The Morgan fingerprint density at radius 2 is 1.94 bits per heavy atom. The lowest BCUT2D eigenvalue weighted by atomic mass is 9.73. The van der Waals surface area contributed by atoms with E-state index in [4.69, 9.17) is 0 Å². The maximum Gasteiger partial charge on any atom is 0.228 e. The molecule has 0 unspecified atom stereocenters. The fourth-order valence-electron chi connectivity index (χ4n) is 5.65. The van der Waals surface area contributed by atoms with Gasteiger partial charge in [-0.1, -0.05) is 56.0 Å². The van der Waals surface area contributed by atoms with Gasteiger partial charge in [0, 0.05) is 44.5 Å². The molecular formula is C27H35N3O2. The van der Waals surface area contributed by atoms with Crippen LogP contribution in [-0.2, 0) is 16.0 Å². The molecule has 2 aliphatic rings. The van der Waals surface area contributed by atoms with Gasteiger partial charge < -0.3 is 10.2 Å². The Hall–Kier alpha value is -2.69. The van der Waals surface area contributed by atoms with E-state index in [1.165, 1.54) is 25.7 Å². The maximum atomic E-state index is 13.2. The standard InChI is InChI=1S/C27H35N3O2/c1-28-26(32)27(18-22-10-4-5-12-24(22)23-11-6-16-29-19-23)15-7-17-30(20-27)25(31)14-13-21-8-2-3-9-21/h4-6,10-12,16,19,21H,2-3,7-9,13-15,17-18,20H2,1H3,(H,28,32)/t27-/m1/s1. The second-order valence-electron chi connectivity index (χ2n) is 9.54. The van der Waals surface area contributed by atoms with Crippen LogP contribution in [0.3, 0.4) is 0 Å². The highest BCUT2D eigenvalue weighted by Gasteiger charge is 2.43. The van der Waals surface area contributed by atoms with Crippen LogP contribution in [0.25, 0.3) is 11.1 Å². The number of amides is 2. The van der Waals surface area contributed by atoms with Crippen LogP contribution in [0.2, 0.25) is 0 Å². The molecule has 0 spiro atoms. The first kappa shape index (κ1) is 22.5. The number of carbonyl (C=O) groups excluding carboxylic acids is 2. The first-order chi connectivity index (χ1) is 15.6. The third-order valence-electron chi connectivity index (χ3n) is 7.40. The Morgan fingerprint density at radius 1 is 1.12 bits per heavy atom. The second-order valence-corrected chi connectivity index (χ2v) is 9.54. The van der Waals surface area contributed by atoms with Crippen molar-refractivity contribution in [3.63, 3.8) is 0 Å². The van der Waals surface area contributed by atoms with Crippen molar-refractivity contribution in [1.82, 2.24) is 15.2 Å². The van der Waals surface area contributed by atoms with Gasteiger partial charge in [-0.05, 0) is 48.8 Å². The Morgan fingerprint density at radius 3 is 2.69 bits per heavy atom. The summed E-state index contributed by atoms with van der Waals surface area (Å²) < 4.78 is 0. The van der Waals surface area contributed by atoms with Gasteiger partial charge in [0.1, 0.15) is 0 Å². The molecule has 1 saturated carbocycles. The molecule has 1 N–H and O–H groups in total. The number of hydrogen-bond donors (Lipinski definition) is 1. The van der Waals surface area contributed by atoms with Crippen molar-refractivity contribution in [2.24, 2.45) is 11.3 Å². The van der Waals surface area contributed by atoms with Crippen LogP contribution in [0, 0.1) is 11.3 Å². The molecule has 1 aromatic carbocycles. The lowest BCUT2D eigenvalue weighted by molar-refractivity contribution is -0.141. The fraction of sp³-hybridized carbons (Fsp3) is 0.519. The summed E-state index contributed by atoms with van der Waals surface area (Å²) in [5, 5.41) is 2.90. The first-order valence-electron chi connectivity index (χ1n) is 12.1. The van der Waals surface area contributed by atoms with Crippen molar-refractivity contribution >= 4 is 11.8 Å². The number of aromatic nitrogens is 1. The minimum absolute atomic E-state index is 0.0341. The summed E-state index contributed by atoms with van der Waals surface area (Å²) in [6.07, 6.45) is 12.6. The van der Waals surface area contributed by atoms with Crippen LogP contribution in [-0.4, -0.2) is 41.8 Å². The minimum atomic E-state index is -0.603. The van der Waals surface area contributed by atoms with Gasteiger partial charge in [-0.15, -0.1) is 0 Å². The molecule has 2 amide bonds. The first-order valence-corrected chi connectivity index (χ1v) is 12.1. The smallest absolute Gasteiger partial charge is 0.228 e. The topological polar surface area (TPSA) is 62.3 Å². The highest BCUT2D eigenvalue weighted by atomic mass is 16.2. The lowest BCUT2D eigenvalue weighted by Gasteiger charge is -2.42. The number of piperidine rings is 1. The molecule has 1 atom stereocenters. The molecule has 4 rings (SSSR count). The van der Waals surface area contributed by atoms with Crippen LogP contribution in [0.4, 0.5) is 0 Å². The average Bonchev–Trinajstić information content (AvgIpc) is 3.37. The Balaban J connectivity index is 1.54. The van der Waals surface area contributed by atoms with Gasteiger partial charge in [0.15, 0.2) is 0 Å². The summed E-state index contributed by atoms with van der Waals surface area (Å²) in [5.74, 6) is 0.955. The summed E-state index contributed by atoms with van der Waals surface area (Å²) in [6, 6.07) is 12.2. The predicted molar refractivity (Wildman–Crippen MR) is 127 cm³/mol. The third kappa shape index (κ3) is 5.03. The molecule has 1 saturated heterocycles. The summed E-state index contributed by atoms with van der Waals surface area (Å²) in [6.45, 7) is 1.25. The van der Waals surface area contributed by atoms with Gasteiger partial charge in [-0.25, -0.2) is 0 Å². The van der Waals surface area contributed by atoms with Crippen molar-refractivity contribution in [3.05, 3.63) is 54.4 Å². The molecule has 5 heteroatoms. The summed E-state index contributed by atoms with van der Waals surface area (Å²) >= 11 is 0. The number of hydrogen-bond acceptors (Lipinski definition) is 3. The van der Waals surface area contributed by atoms with E-state index in [-0.39, 0.29) is 11.8 Å². The molecule has 0 bridgehead atoms. The van der Waals surface area contributed by atoms with Crippen LogP contribution in [0.15, 0.2) is 48.8 Å². The molecule has 1 aromatic heterocycles. The Bertz CT molecular complexity index is 924. The molecule has 1 aliphatic carbocycles. The molecule has 170 valence electrons. The summed E-state index contributed by atoms with van der Waals surface area (Å²) in [5.41, 5.74) is 2.68. The minimum Gasteiger partial charge on any atom is -0.359 e. The fourth-order valence-corrected chi connectivity index (χ4v) is 5.65. The number of nitrogens with one attached hydrogen (secondary N) is 1. The maximum absolute atomic E-state index is 13.2. The molecule has 5 nitrogen and oxygen atoms in total. The van der Waals surface area contributed by atoms with E-state index in [2.05, 4.69) is 28.5 Å². The quantitative estimate of drug-likeness (QED) is 0.693. The molecule has 2 aromatic rings. The van der Waals surface area contributed by atoms with Crippen LogP contribution in [0.1, 0.15) is 56.9 Å². The normalized spacial score (nSPS) is 21.5. The number of nitrogens with zero attached hydrogens (tertiary/aromatic N) is 2. The van der Waals surface area contributed by atoms with E-state index < -0.39 is 5.41 Å². The molecule has 1 aliphatic heterocycles. The number of carbonyl (C=O) groups is 2. The predicted octanol–water partition coefficient (Wildman–Crippen LogP) is 4.62. The monoisotopic (exact) mass is 433 g/mol. The lowest BCUT2D eigenvalue weighted by Crippen LogP contribution is -2.54. The molecule has 0 radical (unpaired) electrons. The van der Waals surface area contributed by atoms with Crippen LogP contribution < -0.4 is 5.32 Å². The van der Waals surface area contributed by atoms with Gasteiger partial charge in [-0.2, -0.15) is 0 Å². The SMILES string of the molecule is CNC(=O)[C@@]1(Cc2ccccc2-c2cccnc2)CCCN(C(=O)CCC2CCCC2)C1. The molecule has 32 heavy (non-hydrogen) atoms. The zero-order chi connectivity index (χ0) is 22.4. The van der Waals surface area contributed by atoms with Crippen LogP contribution in [0.5, 0.6) is 0 Å². The number of rotatable bonds is 7. The number of benzene rings is 1. The van der Waals surface area contributed by atoms with Crippen molar-refractivity contribution in [2.45, 2.75) is 57.8 Å². The van der Waals surface area contributed by atoms with E-state index in [1.54, 1.807) is 13.2 Å². The van der Waals surface area contributed by atoms with E-state index >= 15 is 0 Å². The largest absolute Gasteiger partial charge is 0.359 e. The Labute approximate surface area is 191 Å². The van der Waals surface area contributed by atoms with E-state index in [0.29, 0.717) is 25.3 Å². The van der Waals surface area contributed by atoms with Crippen molar-refractivity contribution in [2.75, 3.05) is 20.1 Å².